The van der Waals surface area contributed by atoms with Crippen molar-refractivity contribution in [2.75, 3.05) is 13.2 Å². The molecule has 0 saturated carbocycles. The van der Waals surface area contributed by atoms with E-state index in [0.717, 1.165) is 0 Å². The van der Waals surface area contributed by atoms with Gasteiger partial charge in [0.2, 0.25) is 0 Å². The lowest BCUT2D eigenvalue weighted by molar-refractivity contribution is -0.118. The predicted molar refractivity (Wildman–Crippen MR) is 33.0 cm³/mol. The molecule has 0 atom stereocenters. The molecule has 0 spiro atoms. The van der Waals surface area contributed by atoms with Crippen LogP contribution in [0.5, 0.6) is 0 Å². The molecule has 0 bridgehead atoms. The number of carbonyl (C=O) groups is 1. The Labute approximate surface area is 54.3 Å². The van der Waals surface area contributed by atoms with Gasteiger partial charge in [0, 0.05) is 25.6 Å². The van der Waals surface area contributed by atoms with Crippen molar-refractivity contribution >= 4 is 5.78 Å². The number of ketones is 1. The van der Waals surface area contributed by atoms with Crippen LogP contribution < -0.4 is 0 Å². The third-order valence-corrected chi connectivity index (χ3v) is 1.09. The zero-order valence-electron chi connectivity index (χ0n) is 5.50. The Morgan fingerprint density at radius 1 is 1.44 bits per heavy atom. The number of Topliss-reactive ketones (excluding diaryl/α,β-unsaturated/α-hetero) is 1. The Kier molecular flexibility index (Phi) is 4.26. The minimum atomic E-state index is -0.262. The van der Waals surface area contributed by atoms with Gasteiger partial charge in [0.1, 0.15) is 5.78 Å². The Bertz CT molecular complexity index is 86.3. The minimum Gasteiger partial charge on any atom is -0.396 e. The minimum absolute atomic E-state index is 0.00287. The fourth-order valence-corrected chi connectivity index (χ4v) is 0.593. The molecule has 0 aromatic rings. The summed E-state index contributed by atoms with van der Waals surface area (Å²) in [5, 5.41) is 16.9. The summed E-state index contributed by atoms with van der Waals surface area (Å²) >= 11 is 0. The molecule has 0 aliphatic heterocycles. The van der Waals surface area contributed by atoms with Gasteiger partial charge in [-0.05, 0) is 6.92 Å². The van der Waals surface area contributed by atoms with Crippen LogP contribution in [0.25, 0.3) is 0 Å². The molecule has 3 heteroatoms. The van der Waals surface area contributed by atoms with Gasteiger partial charge in [-0.1, -0.05) is 0 Å². The van der Waals surface area contributed by atoms with Crippen LogP contribution in [-0.4, -0.2) is 29.2 Å². The second-order valence-corrected chi connectivity index (χ2v) is 2.14. The molecule has 0 amide bonds. The molecular formula is C6H12O3. The van der Waals surface area contributed by atoms with Gasteiger partial charge in [-0.25, -0.2) is 0 Å². The van der Waals surface area contributed by atoms with E-state index in [0.29, 0.717) is 0 Å². The maximum absolute atomic E-state index is 10.3. The predicted octanol–water partition coefficient (Wildman–Crippen LogP) is -0.434. The van der Waals surface area contributed by atoms with Crippen molar-refractivity contribution in [3.8, 4) is 0 Å². The largest absolute Gasteiger partial charge is 0.396 e. The van der Waals surface area contributed by atoms with Gasteiger partial charge in [-0.3, -0.25) is 0 Å². The maximum Gasteiger partial charge on any atom is 0.130 e. The molecule has 54 valence electrons. The first-order chi connectivity index (χ1) is 4.20. The SMILES string of the molecule is CC(=O)CC(CO)CO. The lowest BCUT2D eigenvalue weighted by atomic mass is 10.1. The quantitative estimate of drug-likeness (QED) is 0.545. The summed E-state index contributed by atoms with van der Waals surface area (Å²) in [6.07, 6.45) is 0.271. The second-order valence-electron chi connectivity index (χ2n) is 2.14. The summed E-state index contributed by atoms with van der Waals surface area (Å²) in [6.45, 7) is 1.21. The molecule has 2 N–H and O–H groups in total. The third-order valence-electron chi connectivity index (χ3n) is 1.09. The molecule has 0 unspecified atom stereocenters. The number of hydrogen-bond acceptors (Lipinski definition) is 3. The van der Waals surface area contributed by atoms with E-state index in [1.807, 2.05) is 0 Å². The Balaban J connectivity index is 3.43. The summed E-state index contributed by atoms with van der Waals surface area (Å²) < 4.78 is 0. The summed E-state index contributed by atoms with van der Waals surface area (Å²) in [7, 11) is 0. The molecule has 0 saturated heterocycles. The van der Waals surface area contributed by atoms with Crippen LogP contribution in [0.1, 0.15) is 13.3 Å². The van der Waals surface area contributed by atoms with Crippen LogP contribution in [0.3, 0.4) is 0 Å². The number of hydrogen-bond donors (Lipinski definition) is 2. The molecule has 3 nitrogen and oxygen atoms in total. The average molecular weight is 132 g/mol. The van der Waals surface area contributed by atoms with Crippen LogP contribution in [-0.2, 0) is 4.79 Å². The van der Waals surface area contributed by atoms with E-state index in [1.54, 1.807) is 0 Å². The first-order valence-corrected chi connectivity index (χ1v) is 2.91. The molecule has 0 heterocycles. The van der Waals surface area contributed by atoms with Crippen molar-refractivity contribution < 1.29 is 15.0 Å². The molecular weight excluding hydrogens is 120 g/mol. The highest BCUT2D eigenvalue weighted by atomic mass is 16.3. The molecule has 0 radical (unpaired) electrons. The van der Waals surface area contributed by atoms with E-state index in [4.69, 9.17) is 10.2 Å². The average Bonchev–Trinajstić information content (AvgIpc) is 1.82. The van der Waals surface area contributed by atoms with Crippen molar-refractivity contribution in [2.24, 2.45) is 5.92 Å². The third kappa shape index (κ3) is 4.12. The summed E-state index contributed by atoms with van der Waals surface area (Å²) in [6, 6.07) is 0. The van der Waals surface area contributed by atoms with Gasteiger partial charge >= 0.3 is 0 Å². The molecule has 0 aliphatic rings. The van der Waals surface area contributed by atoms with Crippen LogP contribution in [0.2, 0.25) is 0 Å². The van der Waals surface area contributed by atoms with Crippen LogP contribution in [0.15, 0.2) is 0 Å². The summed E-state index contributed by atoms with van der Waals surface area (Å²) in [4.78, 5) is 10.3. The van der Waals surface area contributed by atoms with E-state index in [-0.39, 0.29) is 31.3 Å². The number of rotatable bonds is 4. The van der Waals surface area contributed by atoms with E-state index >= 15 is 0 Å². The Hall–Kier alpha value is -0.410. The Morgan fingerprint density at radius 3 is 2.00 bits per heavy atom. The van der Waals surface area contributed by atoms with Crippen molar-refractivity contribution in [2.45, 2.75) is 13.3 Å². The Morgan fingerprint density at radius 2 is 1.89 bits per heavy atom. The van der Waals surface area contributed by atoms with Crippen molar-refractivity contribution in [1.82, 2.24) is 0 Å². The number of carbonyl (C=O) groups excluding carboxylic acids is 1. The van der Waals surface area contributed by atoms with Crippen molar-refractivity contribution in [3.05, 3.63) is 0 Å². The van der Waals surface area contributed by atoms with Crippen LogP contribution >= 0.6 is 0 Å². The van der Waals surface area contributed by atoms with Crippen LogP contribution in [0.4, 0.5) is 0 Å². The zero-order chi connectivity index (χ0) is 7.28. The molecule has 9 heavy (non-hydrogen) atoms. The van der Waals surface area contributed by atoms with E-state index in [1.165, 1.54) is 6.92 Å². The standard InChI is InChI=1S/C6H12O3/c1-5(9)2-6(3-7)4-8/h6-8H,2-4H2,1H3. The van der Waals surface area contributed by atoms with Gasteiger partial charge in [-0.15, -0.1) is 0 Å². The van der Waals surface area contributed by atoms with Crippen LogP contribution in [0, 0.1) is 5.92 Å². The topological polar surface area (TPSA) is 57.5 Å². The fourth-order valence-electron chi connectivity index (χ4n) is 0.593. The molecule has 0 aromatic carbocycles. The first-order valence-electron chi connectivity index (χ1n) is 2.91. The normalized spacial score (nSPS) is 10.2. The second kappa shape index (κ2) is 4.47. The molecule has 0 aliphatic carbocycles. The van der Waals surface area contributed by atoms with E-state index in [9.17, 15) is 4.79 Å². The van der Waals surface area contributed by atoms with Crippen molar-refractivity contribution in [3.63, 3.8) is 0 Å². The number of aliphatic hydroxyl groups is 2. The van der Waals surface area contributed by atoms with Gasteiger partial charge < -0.3 is 15.0 Å². The highest BCUT2D eigenvalue weighted by molar-refractivity contribution is 5.75. The summed E-state index contributed by atoms with van der Waals surface area (Å²) in [5.74, 6) is -0.259. The first kappa shape index (κ1) is 8.59. The lowest BCUT2D eigenvalue weighted by Gasteiger charge is -2.05. The zero-order valence-corrected chi connectivity index (χ0v) is 5.50. The molecule has 0 fully saturated rings. The summed E-state index contributed by atoms with van der Waals surface area (Å²) in [5.41, 5.74) is 0. The monoisotopic (exact) mass is 132 g/mol. The smallest absolute Gasteiger partial charge is 0.130 e. The molecule has 0 aromatic heterocycles. The highest BCUT2D eigenvalue weighted by Gasteiger charge is 2.07. The van der Waals surface area contributed by atoms with E-state index < -0.39 is 0 Å². The van der Waals surface area contributed by atoms with Gasteiger partial charge in [0.25, 0.3) is 0 Å². The lowest BCUT2D eigenvalue weighted by Crippen LogP contribution is -2.14. The number of aliphatic hydroxyl groups excluding tert-OH is 2. The van der Waals surface area contributed by atoms with E-state index in [2.05, 4.69) is 0 Å². The van der Waals surface area contributed by atoms with Gasteiger partial charge in [0.15, 0.2) is 0 Å². The maximum atomic E-state index is 10.3. The van der Waals surface area contributed by atoms with Gasteiger partial charge in [0.05, 0.1) is 0 Å². The highest BCUT2D eigenvalue weighted by Crippen LogP contribution is 1.99. The fraction of sp³-hybridized carbons (Fsp3) is 0.833. The van der Waals surface area contributed by atoms with Gasteiger partial charge in [-0.2, -0.15) is 0 Å². The molecule has 0 rings (SSSR count). The van der Waals surface area contributed by atoms with Crippen molar-refractivity contribution in [1.29, 1.82) is 0 Å².